The number of unbranched alkanes of at least 4 members (excludes halogenated alkanes) is 1. The van der Waals surface area contributed by atoms with Gasteiger partial charge in [0.25, 0.3) is 0 Å². The molecule has 0 radical (unpaired) electrons. The average molecular weight is 375 g/mol. The second-order valence-corrected chi connectivity index (χ2v) is 6.38. The molecule has 0 aromatic heterocycles. The molecule has 1 unspecified atom stereocenters. The molecule has 0 saturated carbocycles. The van der Waals surface area contributed by atoms with Crippen LogP contribution in [-0.2, 0) is 4.79 Å². The van der Waals surface area contributed by atoms with Crippen LogP contribution in [0.2, 0.25) is 0 Å². The first-order valence-electron chi connectivity index (χ1n) is 7.86. The number of carbonyl (C=O) groups is 1. The highest BCUT2D eigenvalue weighted by atomic mass is 79.9. The minimum absolute atomic E-state index is 0.0508. The largest absolute Gasteiger partial charge is 0.493 e. The van der Waals surface area contributed by atoms with E-state index >= 15 is 0 Å². The van der Waals surface area contributed by atoms with Crippen molar-refractivity contribution in [3.8, 4) is 11.5 Å². The van der Waals surface area contributed by atoms with Gasteiger partial charge in [-0.3, -0.25) is 4.79 Å². The van der Waals surface area contributed by atoms with E-state index < -0.39 is 0 Å². The van der Waals surface area contributed by atoms with Crippen molar-refractivity contribution in [1.82, 2.24) is 0 Å². The van der Waals surface area contributed by atoms with Crippen molar-refractivity contribution in [1.29, 1.82) is 0 Å². The molecule has 4 heteroatoms. The zero-order chi connectivity index (χ0) is 16.1. The number of alkyl halides is 1. The van der Waals surface area contributed by atoms with Crippen LogP contribution in [0.5, 0.6) is 11.5 Å². The number of hydrogen-bond donors (Lipinski definition) is 0. The van der Waals surface area contributed by atoms with Gasteiger partial charge < -0.3 is 9.47 Å². The Kier molecular flexibility index (Phi) is 5.34. The van der Waals surface area contributed by atoms with Crippen molar-refractivity contribution < 1.29 is 14.3 Å². The quantitative estimate of drug-likeness (QED) is 0.318. The zero-order valence-corrected chi connectivity index (χ0v) is 14.4. The summed E-state index contributed by atoms with van der Waals surface area (Å²) < 4.78 is 11.2. The number of fused-ring (bicyclic) bond motifs is 1. The van der Waals surface area contributed by atoms with Gasteiger partial charge in [0.1, 0.15) is 11.5 Å². The molecule has 1 aliphatic heterocycles. The zero-order valence-electron chi connectivity index (χ0n) is 12.8. The molecule has 0 aliphatic carbocycles. The number of rotatable bonds is 6. The number of halogens is 1. The summed E-state index contributed by atoms with van der Waals surface area (Å²) in [5.74, 6) is 1.23. The Morgan fingerprint density at radius 3 is 2.74 bits per heavy atom. The average Bonchev–Trinajstić information content (AvgIpc) is 2.58. The maximum Gasteiger partial charge on any atom is 0.312 e. The van der Waals surface area contributed by atoms with E-state index in [9.17, 15) is 4.79 Å². The topological polar surface area (TPSA) is 35.5 Å². The summed E-state index contributed by atoms with van der Waals surface area (Å²) in [6.45, 7) is 0.667. The SMILES string of the molecule is O=C1CC(c2ccccc2)c2ccc(OCCCCBr)cc2O1. The molecule has 3 rings (SSSR count). The summed E-state index contributed by atoms with van der Waals surface area (Å²) >= 11 is 3.41. The van der Waals surface area contributed by atoms with Crippen molar-refractivity contribution in [3.63, 3.8) is 0 Å². The van der Waals surface area contributed by atoms with Crippen LogP contribution in [0.25, 0.3) is 0 Å². The standard InChI is InChI=1S/C19H19BrO3/c20-10-4-5-11-22-15-8-9-16-17(14-6-2-1-3-7-14)13-19(21)23-18(16)12-15/h1-3,6-9,12,17H,4-5,10-11,13H2. The van der Waals surface area contributed by atoms with E-state index in [4.69, 9.17) is 9.47 Å². The second kappa shape index (κ2) is 7.64. The van der Waals surface area contributed by atoms with Crippen LogP contribution in [0.4, 0.5) is 0 Å². The van der Waals surface area contributed by atoms with Gasteiger partial charge in [-0.05, 0) is 24.5 Å². The predicted molar refractivity (Wildman–Crippen MR) is 93.5 cm³/mol. The molecular formula is C19H19BrO3. The molecule has 0 saturated heterocycles. The lowest BCUT2D eigenvalue weighted by Crippen LogP contribution is -2.21. The van der Waals surface area contributed by atoms with Crippen LogP contribution >= 0.6 is 15.9 Å². The van der Waals surface area contributed by atoms with Gasteiger partial charge in [-0.2, -0.15) is 0 Å². The molecule has 23 heavy (non-hydrogen) atoms. The Morgan fingerprint density at radius 1 is 1.13 bits per heavy atom. The summed E-state index contributed by atoms with van der Waals surface area (Å²) in [4.78, 5) is 12.0. The Labute approximate surface area is 144 Å². The number of esters is 1. The lowest BCUT2D eigenvalue weighted by atomic mass is 9.86. The van der Waals surface area contributed by atoms with Crippen LogP contribution in [0.3, 0.4) is 0 Å². The highest BCUT2D eigenvalue weighted by Crippen LogP contribution is 2.40. The smallest absolute Gasteiger partial charge is 0.312 e. The summed E-state index contributed by atoms with van der Waals surface area (Å²) in [7, 11) is 0. The minimum atomic E-state index is -0.192. The first-order valence-corrected chi connectivity index (χ1v) is 8.98. The van der Waals surface area contributed by atoms with Crippen molar-refractivity contribution >= 4 is 21.9 Å². The highest BCUT2D eigenvalue weighted by Gasteiger charge is 2.28. The van der Waals surface area contributed by atoms with Gasteiger partial charge in [-0.1, -0.05) is 52.3 Å². The lowest BCUT2D eigenvalue weighted by molar-refractivity contribution is -0.135. The molecule has 120 valence electrons. The number of ether oxygens (including phenoxy) is 2. The van der Waals surface area contributed by atoms with Gasteiger partial charge in [0, 0.05) is 22.9 Å². The van der Waals surface area contributed by atoms with Gasteiger partial charge in [0.05, 0.1) is 13.0 Å². The fourth-order valence-corrected chi connectivity index (χ4v) is 3.19. The Hall–Kier alpha value is -1.81. The van der Waals surface area contributed by atoms with Gasteiger partial charge in [0.2, 0.25) is 0 Å². The second-order valence-electron chi connectivity index (χ2n) is 5.59. The molecule has 0 bridgehead atoms. The number of benzene rings is 2. The molecule has 1 heterocycles. The Balaban J connectivity index is 1.81. The van der Waals surface area contributed by atoms with E-state index in [1.54, 1.807) is 0 Å². The first kappa shape index (κ1) is 16.1. The monoisotopic (exact) mass is 374 g/mol. The summed E-state index contributed by atoms with van der Waals surface area (Å²) in [6.07, 6.45) is 2.45. The Bertz CT molecular complexity index is 670. The van der Waals surface area contributed by atoms with Crippen LogP contribution in [0.15, 0.2) is 48.5 Å². The van der Waals surface area contributed by atoms with E-state index in [0.717, 1.165) is 35.0 Å². The molecule has 2 aromatic carbocycles. The Morgan fingerprint density at radius 2 is 1.96 bits per heavy atom. The molecule has 0 N–H and O–H groups in total. The predicted octanol–water partition coefficient (Wildman–Crippen LogP) is 4.68. The minimum Gasteiger partial charge on any atom is -0.493 e. The van der Waals surface area contributed by atoms with E-state index in [0.29, 0.717) is 18.8 Å². The van der Waals surface area contributed by atoms with E-state index in [1.807, 2.05) is 36.4 Å². The van der Waals surface area contributed by atoms with E-state index in [-0.39, 0.29) is 11.9 Å². The third-order valence-electron chi connectivity index (χ3n) is 3.95. The molecule has 0 amide bonds. The van der Waals surface area contributed by atoms with E-state index in [1.165, 1.54) is 0 Å². The van der Waals surface area contributed by atoms with Gasteiger partial charge in [-0.15, -0.1) is 0 Å². The van der Waals surface area contributed by atoms with Crippen molar-refractivity contribution in [3.05, 3.63) is 59.7 Å². The molecule has 1 atom stereocenters. The van der Waals surface area contributed by atoms with Gasteiger partial charge in [-0.25, -0.2) is 0 Å². The van der Waals surface area contributed by atoms with Crippen molar-refractivity contribution in [2.45, 2.75) is 25.2 Å². The normalized spacial score (nSPS) is 16.6. The fraction of sp³-hybridized carbons (Fsp3) is 0.316. The van der Waals surface area contributed by atoms with Crippen molar-refractivity contribution in [2.75, 3.05) is 11.9 Å². The summed E-state index contributed by atoms with van der Waals surface area (Å²) in [6, 6.07) is 15.9. The first-order chi connectivity index (χ1) is 11.3. The van der Waals surface area contributed by atoms with Crippen LogP contribution < -0.4 is 9.47 Å². The van der Waals surface area contributed by atoms with Crippen LogP contribution in [0.1, 0.15) is 36.3 Å². The number of carbonyl (C=O) groups excluding carboxylic acids is 1. The highest BCUT2D eigenvalue weighted by molar-refractivity contribution is 9.09. The lowest BCUT2D eigenvalue weighted by Gasteiger charge is -2.25. The van der Waals surface area contributed by atoms with Crippen molar-refractivity contribution in [2.24, 2.45) is 0 Å². The maximum atomic E-state index is 12.0. The fourth-order valence-electron chi connectivity index (χ4n) is 2.79. The molecule has 2 aromatic rings. The van der Waals surface area contributed by atoms with Gasteiger partial charge >= 0.3 is 5.97 Å². The molecular weight excluding hydrogens is 356 g/mol. The molecule has 0 spiro atoms. The van der Waals surface area contributed by atoms with Crippen LogP contribution in [-0.4, -0.2) is 17.9 Å². The van der Waals surface area contributed by atoms with E-state index in [2.05, 4.69) is 28.1 Å². The maximum absolute atomic E-state index is 12.0. The third-order valence-corrected chi connectivity index (χ3v) is 4.51. The number of hydrogen-bond acceptors (Lipinski definition) is 3. The van der Waals surface area contributed by atoms with Gasteiger partial charge in [0.15, 0.2) is 0 Å². The van der Waals surface area contributed by atoms with Crippen LogP contribution in [0, 0.1) is 0 Å². The molecule has 1 aliphatic rings. The third kappa shape index (κ3) is 3.94. The summed E-state index contributed by atoms with van der Waals surface area (Å²) in [5.41, 5.74) is 2.18. The summed E-state index contributed by atoms with van der Waals surface area (Å²) in [5, 5.41) is 0.983. The molecule has 3 nitrogen and oxygen atoms in total. The molecule has 0 fully saturated rings.